The summed E-state index contributed by atoms with van der Waals surface area (Å²) in [6, 6.07) is 6.16. The highest BCUT2D eigenvalue weighted by atomic mass is 32.2. The molecule has 124 valence electrons. The van der Waals surface area contributed by atoms with Gasteiger partial charge >= 0.3 is 5.97 Å². The van der Waals surface area contributed by atoms with Gasteiger partial charge in [0, 0.05) is 0 Å². The maximum absolute atomic E-state index is 11.9. The molecule has 1 rings (SSSR count). The van der Waals surface area contributed by atoms with Crippen LogP contribution in [-0.2, 0) is 23.8 Å². The summed E-state index contributed by atoms with van der Waals surface area (Å²) in [5.74, 6) is -0.479. The molecule has 1 N–H and O–H groups in total. The number of esters is 1. The molecule has 0 bridgehead atoms. The number of benzene rings is 1. The largest absolute Gasteiger partial charge is 0.462 e. The van der Waals surface area contributed by atoms with Crippen LogP contribution in [-0.4, -0.2) is 38.8 Å². The molecule has 0 spiro atoms. The highest BCUT2D eigenvalue weighted by molar-refractivity contribution is 7.86. The summed E-state index contributed by atoms with van der Waals surface area (Å²) < 4.78 is 33.5. The summed E-state index contributed by atoms with van der Waals surface area (Å²) in [6.07, 6.45) is -1.22. The standard InChI is InChI=1S/C15H22O6S/c1-11-5-7-13(8-6-11)22(18,19)21-10-12(16)9-20-14(17)15(2,3)4/h5-8,12,16H,9-10H2,1-4H3/t12-/m1/s1. The number of hydrogen-bond donors (Lipinski definition) is 1. The van der Waals surface area contributed by atoms with E-state index in [-0.39, 0.29) is 11.5 Å². The fourth-order valence-corrected chi connectivity index (χ4v) is 2.32. The van der Waals surface area contributed by atoms with E-state index < -0.39 is 34.2 Å². The number of aliphatic hydroxyl groups excluding tert-OH is 1. The normalized spacial score (nSPS) is 13.7. The third-order valence-electron chi connectivity index (χ3n) is 2.74. The second-order valence-electron chi connectivity index (χ2n) is 6.05. The molecule has 0 fully saturated rings. The maximum atomic E-state index is 11.9. The first-order valence-electron chi connectivity index (χ1n) is 6.84. The summed E-state index contributed by atoms with van der Waals surface area (Å²) >= 11 is 0. The number of hydrogen-bond acceptors (Lipinski definition) is 6. The molecule has 7 heteroatoms. The van der Waals surface area contributed by atoms with E-state index >= 15 is 0 Å². The minimum atomic E-state index is -3.94. The van der Waals surface area contributed by atoms with Crippen molar-refractivity contribution in [3.63, 3.8) is 0 Å². The number of aliphatic hydroxyl groups is 1. The molecule has 1 aromatic carbocycles. The summed E-state index contributed by atoms with van der Waals surface area (Å²) in [6.45, 7) is 6.08. The summed E-state index contributed by atoms with van der Waals surface area (Å²) in [4.78, 5) is 11.5. The molecule has 0 unspecified atom stereocenters. The van der Waals surface area contributed by atoms with Crippen molar-refractivity contribution in [3.8, 4) is 0 Å². The minimum Gasteiger partial charge on any atom is -0.462 e. The van der Waals surface area contributed by atoms with Crippen LogP contribution in [0, 0.1) is 12.3 Å². The third-order valence-corrected chi connectivity index (χ3v) is 4.04. The van der Waals surface area contributed by atoms with E-state index in [1.165, 1.54) is 12.1 Å². The zero-order chi connectivity index (χ0) is 17.0. The Morgan fingerprint density at radius 3 is 2.23 bits per heavy atom. The fraction of sp³-hybridized carbons (Fsp3) is 0.533. The first-order chi connectivity index (χ1) is 10.0. The molecule has 0 radical (unpaired) electrons. The van der Waals surface area contributed by atoms with Crippen molar-refractivity contribution in [2.75, 3.05) is 13.2 Å². The predicted molar refractivity (Wildman–Crippen MR) is 80.7 cm³/mol. The number of rotatable bonds is 6. The minimum absolute atomic E-state index is 0.0111. The van der Waals surface area contributed by atoms with Crippen molar-refractivity contribution >= 4 is 16.1 Å². The molecule has 0 heterocycles. The Kier molecular flexibility index (Phi) is 6.10. The van der Waals surface area contributed by atoms with Gasteiger partial charge in [-0.25, -0.2) is 0 Å². The lowest BCUT2D eigenvalue weighted by Crippen LogP contribution is -2.30. The van der Waals surface area contributed by atoms with Gasteiger partial charge in [0.15, 0.2) is 0 Å². The van der Waals surface area contributed by atoms with Crippen molar-refractivity contribution in [2.24, 2.45) is 5.41 Å². The Hall–Kier alpha value is -1.44. The van der Waals surface area contributed by atoms with Crippen LogP contribution in [0.4, 0.5) is 0 Å². The van der Waals surface area contributed by atoms with Gasteiger partial charge in [0.25, 0.3) is 10.1 Å². The van der Waals surface area contributed by atoms with Gasteiger partial charge in [0.2, 0.25) is 0 Å². The second-order valence-corrected chi connectivity index (χ2v) is 7.67. The smallest absolute Gasteiger partial charge is 0.311 e. The van der Waals surface area contributed by atoms with Gasteiger partial charge in [0.1, 0.15) is 12.7 Å². The molecule has 0 saturated carbocycles. The van der Waals surface area contributed by atoms with Crippen molar-refractivity contribution in [1.29, 1.82) is 0 Å². The molecule has 1 atom stereocenters. The zero-order valence-electron chi connectivity index (χ0n) is 13.2. The van der Waals surface area contributed by atoms with Crippen LogP contribution in [0.5, 0.6) is 0 Å². The molecule has 0 saturated heterocycles. The van der Waals surface area contributed by atoms with Gasteiger partial charge in [-0.3, -0.25) is 8.98 Å². The Morgan fingerprint density at radius 2 is 1.73 bits per heavy atom. The van der Waals surface area contributed by atoms with Crippen molar-refractivity contribution in [1.82, 2.24) is 0 Å². The topological polar surface area (TPSA) is 89.9 Å². The van der Waals surface area contributed by atoms with E-state index in [1.807, 2.05) is 6.92 Å². The van der Waals surface area contributed by atoms with Crippen molar-refractivity contribution in [2.45, 2.75) is 38.7 Å². The van der Waals surface area contributed by atoms with Crippen LogP contribution < -0.4 is 0 Å². The van der Waals surface area contributed by atoms with E-state index in [0.717, 1.165) is 5.56 Å². The van der Waals surface area contributed by atoms with Crippen LogP contribution in [0.3, 0.4) is 0 Å². The highest BCUT2D eigenvalue weighted by Gasteiger charge is 2.24. The van der Waals surface area contributed by atoms with Crippen LogP contribution in [0.1, 0.15) is 26.3 Å². The van der Waals surface area contributed by atoms with E-state index in [2.05, 4.69) is 0 Å². The van der Waals surface area contributed by atoms with E-state index in [9.17, 15) is 18.3 Å². The summed E-state index contributed by atoms with van der Waals surface area (Å²) in [5.41, 5.74) is 0.238. The van der Waals surface area contributed by atoms with E-state index in [1.54, 1.807) is 32.9 Å². The molecule has 0 amide bonds. The molecule has 0 aliphatic carbocycles. The summed E-state index contributed by atoms with van der Waals surface area (Å²) in [5, 5.41) is 9.65. The Labute approximate surface area is 131 Å². The molecular formula is C15H22O6S. The zero-order valence-corrected chi connectivity index (χ0v) is 14.0. The average molecular weight is 330 g/mol. The van der Waals surface area contributed by atoms with Gasteiger partial charge in [-0.2, -0.15) is 8.42 Å². The van der Waals surface area contributed by atoms with Crippen LogP contribution in [0.2, 0.25) is 0 Å². The molecule has 0 aliphatic heterocycles. The lowest BCUT2D eigenvalue weighted by molar-refractivity contribution is -0.156. The Morgan fingerprint density at radius 1 is 1.18 bits per heavy atom. The molecule has 1 aromatic rings. The first-order valence-corrected chi connectivity index (χ1v) is 8.24. The van der Waals surface area contributed by atoms with Gasteiger partial charge < -0.3 is 9.84 Å². The van der Waals surface area contributed by atoms with Crippen molar-refractivity contribution in [3.05, 3.63) is 29.8 Å². The van der Waals surface area contributed by atoms with Crippen molar-refractivity contribution < 1.29 is 27.2 Å². The Balaban J connectivity index is 2.51. The molecule has 6 nitrogen and oxygen atoms in total. The van der Waals surface area contributed by atoms with Gasteiger partial charge in [-0.05, 0) is 39.8 Å². The number of ether oxygens (including phenoxy) is 1. The number of carbonyl (C=O) groups is 1. The molecule has 0 aliphatic rings. The number of carbonyl (C=O) groups excluding carboxylic acids is 1. The number of aryl methyl sites for hydroxylation is 1. The SMILES string of the molecule is Cc1ccc(S(=O)(=O)OC[C@H](O)COC(=O)C(C)(C)C)cc1. The summed E-state index contributed by atoms with van der Waals surface area (Å²) in [7, 11) is -3.94. The molecule has 0 aromatic heterocycles. The second kappa shape index (κ2) is 7.21. The first kappa shape index (κ1) is 18.6. The van der Waals surface area contributed by atoms with Crippen LogP contribution in [0.15, 0.2) is 29.2 Å². The molecule has 22 heavy (non-hydrogen) atoms. The lowest BCUT2D eigenvalue weighted by atomic mass is 9.97. The van der Waals surface area contributed by atoms with Crippen LogP contribution in [0.25, 0.3) is 0 Å². The lowest BCUT2D eigenvalue weighted by Gasteiger charge is -2.18. The van der Waals surface area contributed by atoms with Crippen LogP contribution >= 0.6 is 0 Å². The average Bonchev–Trinajstić information content (AvgIpc) is 2.42. The monoisotopic (exact) mass is 330 g/mol. The van der Waals surface area contributed by atoms with Gasteiger partial charge in [-0.15, -0.1) is 0 Å². The Bertz CT molecular complexity index is 598. The quantitative estimate of drug-likeness (QED) is 0.630. The molecular weight excluding hydrogens is 308 g/mol. The van der Waals surface area contributed by atoms with E-state index in [4.69, 9.17) is 8.92 Å². The fourth-order valence-electron chi connectivity index (χ4n) is 1.38. The highest BCUT2D eigenvalue weighted by Crippen LogP contribution is 2.16. The third kappa shape index (κ3) is 5.75. The maximum Gasteiger partial charge on any atom is 0.311 e. The van der Waals surface area contributed by atoms with E-state index in [0.29, 0.717) is 0 Å². The predicted octanol–water partition coefficient (Wildman–Crippen LogP) is 1.65. The van der Waals surface area contributed by atoms with Gasteiger partial charge in [0.05, 0.1) is 16.9 Å². The van der Waals surface area contributed by atoms with Gasteiger partial charge in [-0.1, -0.05) is 17.7 Å².